The van der Waals surface area contributed by atoms with Crippen LogP contribution in [0.15, 0.2) is 39.9 Å². The van der Waals surface area contributed by atoms with Crippen LogP contribution in [0.1, 0.15) is 30.9 Å². The van der Waals surface area contributed by atoms with Crippen LogP contribution < -0.4 is 10.2 Å². The smallest absolute Gasteiger partial charge is 0.226 e. The first-order valence-corrected chi connectivity index (χ1v) is 11.6. The zero-order chi connectivity index (χ0) is 21.6. The van der Waals surface area contributed by atoms with E-state index in [0.717, 1.165) is 67.3 Å². The van der Waals surface area contributed by atoms with Crippen molar-refractivity contribution in [1.82, 2.24) is 24.6 Å². The molecule has 4 rings (SSSR count). The Bertz CT molecular complexity index is 1010. The fraction of sp³-hybridized carbons (Fsp3) is 0.455. The Kier molecular flexibility index (Phi) is 8.85. The van der Waals surface area contributed by atoms with Gasteiger partial charge in [0.25, 0.3) is 0 Å². The lowest BCUT2D eigenvalue weighted by Gasteiger charge is -2.36. The predicted octanol–water partition coefficient (Wildman–Crippen LogP) is 3.97. The lowest BCUT2D eigenvalue weighted by atomic mass is 10.1. The molecule has 0 amide bonds. The average molecular weight is 568 g/mol. The Morgan fingerprint density at radius 2 is 1.88 bits per heavy atom. The summed E-state index contributed by atoms with van der Waals surface area (Å²) in [5.41, 5.74) is 3.02. The van der Waals surface area contributed by atoms with Gasteiger partial charge in [-0.3, -0.25) is 0 Å². The van der Waals surface area contributed by atoms with Crippen LogP contribution in [0.25, 0.3) is 11.5 Å². The third-order valence-corrected chi connectivity index (χ3v) is 6.01. The largest absolute Gasteiger partial charge is 0.444 e. The molecule has 1 saturated heterocycles. The summed E-state index contributed by atoms with van der Waals surface area (Å²) >= 11 is 1.49. The molecule has 8 nitrogen and oxygen atoms in total. The minimum Gasteiger partial charge on any atom is -0.444 e. The molecule has 10 heteroatoms. The summed E-state index contributed by atoms with van der Waals surface area (Å²) in [6.45, 7) is 11.1. The second-order valence-corrected chi connectivity index (χ2v) is 8.23. The Balaban J connectivity index is 0.00000289. The van der Waals surface area contributed by atoms with Gasteiger partial charge in [0.05, 0.1) is 6.54 Å². The molecular formula is C22H30IN7OS. The minimum atomic E-state index is 0. The first-order valence-electron chi connectivity index (χ1n) is 10.8. The van der Waals surface area contributed by atoms with Crippen molar-refractivity contribution in [1.29, 1.82) is 0 Å². The standard InChI is InChI=1S/C22H29N7OS.HI/c1-4-19-26-22(31-27-19)29-12-10-28(11-13-29)21(23-5-2)24-14-18-15-30-20(25-18)17-8-6-16(3)7-9-17;/h6-9,15H,4-5,10-14H2,1-3H3,(H,23,24);1H. The number of rotatable bonds is 6. The van der Waals surface area contributed by atoms with E-state index in [9.17, 15) is 0 Å². The summed E-state index contributed by atoms with van der Waals surface area (Å²) in [5, 5.41) is 4.43. The van der Waals surface area contributed by atoms with Gasteiger partial charge in [-0.05, 0) is 26.0 Å². The van der Waals surface area contributed by atoms with E-state index in [2.05, 4.69) is 62.4 Å². The quantitative estimate of drug-likeness (QED) is 0.274. The fourth-order valence-electron chi connectivity index (χ4n) is 3.42. The Morgan fingerprint density at radius 1 is 1.12 bits per heavy atom. The van der Waals surface area contributed by atoms with Crippen molar-refractivity contribution in [2.24, 2.45) is 4.99 Å². The van der Waals surface area contributed by atoms with E-state index in [-0.39, 0.29) is 24.0 Å². The monoisotopic (exact) mass is 567 g/mol. The van der Waals surface area contributed by atoms with Crippen LogP contribution in [-0.2, 0) is 13.0 Å². The molecule has 1 aliphatic heterocycles. The molecule has 2 aromatic heterocycles. The molecular weight excluding hydrogens is 537 g/mol. The van der Waals surface area contributed by atoms with Gasteiger partial charge < -0.3 is 19.5 Å². The van der Waals surface area contributed by atoms with Crippen LogP contribution in [0.3, 0.4) is 0 Å². The summed E-state index contributed by atoms with van der Waals surface area (Å²) in [6.07, 6.45) is 2.57. The number of anilines is 1. The molecule has 3 aromatic rings. The molecule has 0 aliphatic carbocycles. The SMILES string of the molecule is CCNC(=NCc1coc(-c2ccc(C)cc2)n1)N1CCN(c2nc(CC)ns2)CC1.I. The highest BCUT2D eigenvalue weighted by atomic mass is 127. The number of aromatic nitrogens is 3. The number of aliphatic imine (C=N–C) groups is 1. The number of hydrogen-bond donors (Lipinski definition) is 1. The number of benzene rings is 1. The normalized spacial score (nSPS) is 14.4. The first-order chi connectivity index (χ1) is 15.2. The van der Waals surface area contributed by atoms with Crippen molar-refractivity contribution >= 4 is 46.6 Å². The van der Waals surface area contributed by atoms with Crippen LogP contribution in [0.5, 0.6) is 0 Å². The van der Waals surface area contributed by atoms with Gasteiger partial charge in [-0.2, -0.15) is 4.37 Å². The minimum absolute atomic E-state index is 0. The van der Waals surface area contributed by atoms with Gasteiger partial charge in [0.2, 0.25) is 11.0 Å². The van der Waals surface area contributed by atoms with Crippen molar-refractivity contribution in [3.63, 3.8) is 0 Å². The van der Waals surface area contributed by atoms with Gasteiger partial charge in [0, 0.05) is 56.2 Å². The average Bonchev–Trinajstić information content (AvgIpc) is 3.47. The number of guanidine groups is 1. The zero-order valence-corrected chi connectivity index (χ0v) is 21.9. The number of aryl methyl sites for hydroxylation is 2. The van der Waals surface area contributed by atoms with Gasteiger partial charge in [0.1, 0.15) is 17.8 Å². The van der Waals surface area contributed by atoms with E-state index in [0.29, 0.717) is 12.4 Å². The molecule has 0 saturated carbocycles. The Labute approximate surface area is 210 Å². The van der Waals surface area contributed by atoms with Crippen molar-refractivity contribution in [3.8, 4) is 11.5 Å². The molecule has 32 heavy (non-hydrogen) atoms. The van der Waals surface area contributed by atoms with Gasteiger partial charge in [-0.1, -0.05) is 24.6 Å². The highest BCUT2D eigenvalue weighted by molar-refractivity contribution is 14.0. The molecule has 0 spiro atoms. The molecule has 1 aliphatic rings. The highest BCUT2D eigenvalue weighted by Gasteiger charge is 2.22. The second kappa shape index (κ2) is 11.6. The predicted molar refractivity (Wildman–Crippen MR) is 140 cm³/mol. The van der Waals surface area contributed by atoms with E-state index in [1.807, 2.05) is 12.1 Å². The molecule has 0 atom stereocenters. The molecule has 1 fully saturated rings. The van der Waals surface area contributed by atoms with E-state index in [4.69, 9.17) is 9.41 Å². The number of halogens is 1. The maximum absolute atomic E-state index is 5.67. The molecule has 0 unspecified atom stereocenters. The van der Waals surface area contributed by atoms with Crippen molar-refractivity contribution in [2.75, 3.05) is 37.6 Å². The lowest BCUT2D eigenvalue weighted by molar-refractivity contribution is 0.372. The number of nitrogens with one attached hydrogen (secondary N) is 1. The van der Waals surface area contributed by atoms with Gasteiger partial charge in [-0.15, -0.1) is 24.0 Å². The van der Waals surface area contributed by atoms with E-state index >= 15 is 0 Å². The summed E-state index contributed by atoms with van der Waals surface area (Å²) in [6, 6.07) is 8.18. The Hall–Kier alpha value is -2.21. The van der Waals surface area contributed by atoms with Gasteiger partial charge >= 0.3 is 0 Å². The highest BCUT2D eigenvalue weighted by Crippen LogP contribution is 2.21. The third-order valence-electron chi connectivity index (χ3n) is 5.20. The molecule has 0 radical (unpaired) electrons. The van der Waals surface area contributed by atoms with Crippen molar-refractivity contribution < 1.29 is 4.42 Å². The summed E-state index contributed by atoms with van der Waals surface area (Å²) < 4.78 is 10.1. The van der Waals surface area contributed by atoms with Crippen LogP contribution in [0.2, 0.25) is 0 Å². The number of hydrogen-bond acceptors (Lipinski definition) is 7. The van der Waals surface area contributed by atoms with Gasteiger partial charge in [-0.25, -0.2) is 15.0 Å². The Morgan fingerprint density at radius 3 is 2.53 bits per heavy atom. The molecule has 1 N–H and O–H groups in total. The summed E-state index contributed by atoms with van der Waals surface area (Å²) in [5.74, 6) is 2.47. The van der Waals surface area contributed by atoms with E-state index in [1.54, 1.807) is 6.26 Å². The van der Waals surface area contributed by atoms with E-state index in [1.165, 1.54) is 17.1 Å². The summed E-state index contributed by atoms with van der Waals surface area (Å²) in [7, 11) is 0. The van der Waals surface area contributed by atoms with Crippen LogP contribution in [0.4, 0.5) is 5.13 Å². The molecule has 3 heterocycles. The van der Waals surface area contributed by atoms with Crippen molar-refractivity contribution in [2.45, 2.75) is 33.7 Å². The topological polar surface area (TPSA) is 82.7 Å². The van der Waals surface area contributed by atoms with Crippen LogP contribution in [-0.4, -0.2) is 57.9 Å². The van der Waals surface area contributed by atoms with Crippen LogP contribution in [0, 0.1) is 6.92 Å². The van der Waals surface area contributed by atoms with Gasteiger partial charge in [0.15, 0.2) is 5.96 Å². The summed E-state index contributed by atoms with van der Waals surface area (Å²) in [4.78, 5) is 18.6. The maximum Gasteiger partial charge on any atom is 0.226 e. The van der Waals surface area contributed by atoms with Crippen molar-refractivity contribution in [3.05, 3.63) is 47.6 Å². The molecule has 172 valence electrons. The molecule has 1 aromatic carbocycles. The lowest BCUT2D eigenvalue weighted by Crippen LogP contribution is -2.52. The number of nitrogens with zero attached hydrogens (tertiary/aromatic N) is 6. The van der Waals surface area contributed by atoms with E-state index < -0.39 is 0 Å². The third kappa shape index (κ3) is 5.97. The fourth-order valence-corrected chi connectivity index (χ4v) is 4.22. The number of oxazole rings is 1. The number of piperazine rings is 1. The zero-order valence-electron chi connectivity index (χ0n) is 18.7. The molecule has 0 bridgehead atoms. The first kappa shape index (κ1) is 24.4. The van der Waals surface area contributed by atoms with Crippen LogP contribution >= 0.6 is 35.5 Å². The maximum atomic E-state index is 5.67. The second-order valence-electron chi connectivity index (χ2n) is 7.50.